The molecule has 6 nitrogen and oxygen atoms in total. The fraction of sp³-hybridized carbons (Fsp3) is 0.786. The summed E-state index contributed by atoms with van der Waals surface area (Å²) in [6, 6.07) is 1.55. The summed E-state index contributed by atoms with van der Waals surface area (Å²) in [7, 11) is 0. The number of ether oxygens (including phenoxy) is 1. The number of carbonyl (C=O) groups excluding carboxylic acids is 2. The zero-order chi connectivity index (χ0) is 14.6. The summed E-state index contributed by atoms with van der Waals surface area (Å²) in [4.78, 5) is 26.2. The van der Waals surface area contributed by atoms with Gasteiger partial charge in [-0.1, -0.05) is 12.8 Å². The molecule has 2 aliphatic rings. The molecule has 2 fully saturated rings. The predicted molar refractivity (Wildman–Crippen MR) is 71.5 cm³/mol. The van der Waals surface area contributed by atoms with Gasteiger partial charge in [-0.25, -0.2) is 0 Å². The number of amides is 2. The van der Waals surface area contributed by atoms with Gasteiger partial charge in [0.2, 0.25) is 11.8 Å². The summed E-state index contributed by atoms with van der Waals surface area (Å²) >= 11 is 0. The van der Waals surface area contributed by atoms with Crippen LogP contribution < -0.4 is 5.32 Å². The number of nitrogens with one attached hydrogen (secondary N) is 1. The van der Waals surface area contributed by atoms with Crippen LogP contribution >= 0.6 is 0 Å². The second-order valence-electron chi connectivity index (χ2n) is 5.53. The van der Waals surface area contributed by atoms with Crippen molar-refractivity contribution in [1.82, 2.24) is 10.2 Å². The summed E-state index contributed by atoms with van der Waals surface area (Å²) in [5, 5.41) is 12.0. The number of morpholine rings is 1. The van der Waals surface area contributed by atoms with Crippen molar-refractivity contribution in [2.45, 2.75) is 38.6 Å². The molecule has 1 saturated carbocycles. The molecule has 20 heavy (non-hydrogen) atoms. The van der Waals surface area contributed by atoms with Gasteiger partial charge in [-0.15, -0.1) is 0 Å². The number of rotatable bonds is 3. The van der Waals surface area contributed by atoms with Gasteiger partial charge >= 0.3 is 0 Å². The van der Waals surface area contributed by atoms with Gasteiger partial charge in [0.15, 0.2) is 0 Å². The van der Waals surface area contributed by atoms with Gasteiger partial charge in [0.1, 0.15) is 11.5 Å². The first kappa shape index (κ1) is 14.8. The monoisotopic (exact) mass is 279 g/mol. The summed E-state index contributed by atoms with van der Waals surface area (Å²) in [5.74, 6) is -0.403. The summed E-state index contributed by atoms with van der Waals surface area (Å²) in [5.41, 5.74) is -0.931. The maximum atomic E-state index is 12.3. The molecule has 0 unspecified atom stereocenters. The van der Waals surface area contributed by atoms with Crippen LogP contribution in [0.5, 0.6) is 0 Å². The van der Waals surface area contributed by atoms with E-state index in [1.807, 2.05) is 0 Å². The molecule has 0 bridgehead atoms. The molecular formula is C14H21N3O3. The Morgan fingerprint density at radius 2 is 1.90 bits per heavy atom. The standard InChI is InChI=1S/C14H21N3O3/c1-11(12(18)17-6-8-20-9-7-17)16-13(19)14(10-15)4-2-3-5-14/h11H,2-9H2,1H3,(H,16,19)/t11-/m1/s1. The fourth-order valence-corrected chi connectivity index (χ4v) is 2.82. The highest BCUT2D eigenvalue weighted by atomic mass is 16.5. The van der Waals surface area contributed by atoms with Crippen LogP contribution in [0.25, 0.3) is 0 Å². The highest BCUT2D eigenvalue weighted by molar-refractivity contribution is 5.91. The molecule has 1 heterocycles. The van der Waals surface area contributed by atoms with Crippen molar-refractivity contribution in [2.24, 2.45) is 5.41 Å². The topological polar surface area (TPSA) is 82.4 Å². The van der Waals surface area contributed by atoms with Crippen LogP contribution in [0.15, 0.2) is 0 Å². The Morgan fingerprint density at radius 1 is 1.30 bits per heavy atom. The van der Waals surface area contributed by atoms with Gasteiger partial charge in [-0.3, -0.25) is 9.59 Å². The third-order valence-corrected chi connectivity index (χ3v) is 4.15. The Morgan fingerprint density at radius 3 is 2.45 bits per heavy atom. The number of hydrogen-bond acceptors (Lipinski definition) is 4. The van der Waals surface area contributed by atoms with Crippen LogP contribution in [0.3, 0.4) is 0 Å². The van der Waals surface area contributed by atoms with Crippen molar-refractivity contribution < 1.29 is 14.3 Å². The lowest BCUT2D eigenvalue weighted by Crippen LogP contribution is -2.52. The minimum Gasteiger partial charge on any atom is -0.378 e. The highest BCUT2D eigenvalue weighted by Crippen LogP contribution is 2.37. The van der Waals surface area contributed by atoms with Crippen LogP contribution in [0.1, 0.15) is 32.6 Å². The zero-order valence-electron chi connectivity index (χ0n) is 11.9. The van der Waals surface area contributed by atoms with E-state index in [1.165, 1.54) is 0 Å². The number of nitrogens with zero attached hydrogens (tertiary/aromatic N) is 2. The van der Waals surface area contributed by atoms with Crippen molar-refractivity contribution in [2.75, 3.05) is 26.3 Å². The van der Waals surface area contributed by atoms with Gasteiger partial charge in [0, 0.05) is 13.1 Å². The summed E-state index contributed by atoms with van der Waals surface area (Å²) < 4.78 is 5.20. The molecule has 0 aromatic rings. The van der Waals surface area contributed by atoms with Crippen molar-refractivity contribution in [3.05, 3.63) is 0 Å². The van der Waals surface area contributed by atoms with Crippen LogP contribution in [-0.4, -0.2) is 49.1 Å². The predicted octanol–water partition coefficient (Wildman–Crippen LogP) is 0.434. The van der Waals surface area contributed by atoms with Crippen LogP contribution in [0.2, 0.25) is 0 Å². The molecule has 1 aliphatic carbocycles. The smallest absolute Gasteiger partial charge is 0.245 e. The molecule has 0 aromatic carbocycles. The Labute approximate surface area is 119 Å². The Hall–Kier alpha value is -1.61. The van der Waals surface area contributed by atoms with Crippen molar-refractivity contribution in [3.63, 3.8) is 0 Å². The number of carbonyl (C=O) groups is 2. The van der Waals surface area contributed by atoms with Crippen molar-refractivity contribution >= 4 is 11.8 Å². The van der Waals surface area contributed by atoms with E-state index in [2.05, 4.69) is 11.4 Å². The van der Waals surface area contributed by atoms with Gasteiger partial charge in [-0.05, 0) is 19.8 Å². The average molecular weight is 279 g/mol. The second-order valence-corrected chi connectivity index (χ2v) is 5.53. The van der Waals surface area contributed by atoms with E-state index in [0.29, 0.717) is 39.1 Å². The van der Waals surface area contributed by atoms with E-state index in [4.69, 9.17) is 4.74 Å². The van der Waals surface area contributed by atoms with E-state index in [1.54, 1.807) is 11.8 Å². The molecule has 110 valence electrons. The molecule has 2 rings (SSSR count). The number of hydrogen-bond donors (Lipinski definition) is 1. The summed E-state index contributed by atoms with van der Waals surface area (Å²) in [6.07, 6.45) is 2.97. The average Bonchev–Trinajstić information content (AvgIpc) is 2.97. The van der Waals surface area contributed by atoms with Crippen molar-refractivity contribution in [1.29, 1.82) is 5.26 Å². The normalized spacial score (nSPS) is 22.9. The van der Waals surface area contributed by atoms with Gasteiger partial charge in [-0.2, -0.15) is 5.26 Å². The third-order valence-electron chi connectivity index (χ3n) is 4.15. The quantitative estimate of drug-likeness (QED) is 0.812. The van der Waals surface area contributed by atoms with Crippen LogP contribution in [0.4, 0.5) is 0 Å². The highest BCUT2D eigenvalue weighted by Gasteiger charge is 2.42. The Kier molecular flexibility index (Phi) is 4.61. The molecule has 2 amide bonds. The van der Waals surface area contributed by atoms with Crippen LogP contribution in [0, 0.1) is 16.7 Å². The molecule has 1 aliphatic heterocycles. The maximum absolute atomic E-state index is 12.3. The first-order chi connectivity index (χ1) is 9.59. The van der Waals surface area contributed by atoms with E-state index < -0.39 is 11.5 Å². The first-order valence-corrected chi connectivity index (χ1v) is 7.18. The maximum Gasteiger partial charge on any atom is 0.245 e. The van der Waals surface area contributed by atoms with Crippen molar-refractivity contribution in [3.8, 4) is 6.07 Å². The molecule has 1 atom stereocenters. The molecule has 0 aromatic heterocycles. The summed E-state index contributed by atoms with van der Waals surface area (Å²) in [6.45, 7) is 3.86. The molecule has 0 radical (unpaired) electrons. The second kappa shape index (κ2) is 6.23. The lowest BCUT2D eigenvalue weighted by atomic mass is 9.87. The minimum absolute atomic E-state index is 0.104. The Balaban J connectivity index is 1.93. The number of nitriles is 1. The van der Waals surface area contributed by atoms with Gasteiger partial charge < -0.3 is 15.0 Å². The van der Waals surface area contributed by atoms with Gasteiger partial charge in [0.25, 0.3) is 0 Å². The molecule has 0 spiro atoms. The lowest BCUT2D eigenvalue weighted by Gasteiger charge is -2.30. The molecular weight excluding hydrogens is 258 g/mol. The zero-order valence-corrected chi connectivity index (χ0v) is 11.9. The SMILES string of the molecule is C[C@@H](NC(=O)C1(C#N)CCCC1)C(=O)N1CCOCC1. The Bertz CT molecular complexity index is 418. The largest absolute Gasteiger partial charge is 0.378 e. The van der Waals surface area contributed by atoms with E-state index in [-0.39, 0.29) is 11.8 Å². The third kappa shape index (κ3) is 2.93. The molecule has 1 N–H and O–H groups in total. The minimum atomic E-state index is -0.931. The lowest BCUT2D eigenvalue weighted by molar-refractivity contribution is -0.140. The molecule has 1 saturated heterocycles. The van der Waals surface area contributed by atoms with E-state index >= 15 is 0 Å². The van der Waals surface area contributed by atoms with E-state index in [9.17, 15) is 14.9 Å². The fourth-order valence-electron chi connectivity index (χ4n) is 2.82. The van der Waals surface area contributed by atoms with Crippen LogP contribution in [-0.2, 0) is 14.3 Å². The first-order valence-electron chi connectivity index (χ1n) is 7.18. The van der Waals surface area contributed by atoms with E-state index in [0.717, 1.165) is 12.8 Å². The molecule has 6 heteroatoms. The van der Waals surface area contributed by atoms with Gasteiger partial charge in [0.05, 0.1) is 19.3 Å².